The van der Waals surface area contributed by atoms with Crippen molar-refractivity contribution in [1.82, 2.24) is 0 Å². The van der Waals surface area contributed by atoms with E-state index in [1.807, 2.05) is 39.8 Å². The first-order valence-corrected chi connectivity index (χ1v) is 7.49. The molecule has 0 saturated heterocycles. The zero-order valence-electron chi connectivity index (χ0n) is 13.3. The third kappa shape index (κ3) is 5.05. The lowest BCUT2D eigenvalue weighted by atomic mass is 10.0. The Balaban J connectivity index is 1.93. The molecule has 2 rings (SSSR count). The van der Waals surface area contributed by atoms with Crippen LogP contribution < -0.4 is 5.32 Å². The summed E-state index contributed by atoms with van der Waals surface area (Å²) in [5, 5.41) is 12.6. The Morgan fingerprint density at radius 3 is 2.57 bits per heavy atom. The van der Waals surface area contributed by atoms with Crippen molar-refractivity contribution in [3.63, 3.8) is 0 Å². The fourth-order valence-corrected chi connectivity index (χ4v) is 2.21. The van der Waals surface area contributed by atoms with Crippen molar-refractivity contribution in [3.8, 4) is 0 Å². The van der Waals surface area contributed by atoms with Crippen molar-refractivity contribution in [3.05, 3.63) is 29.3 Å². The van der Waals surface area contributed by atoms with E-state index < -0.39 is 17.3 Å². The van der Waals surface area contributed by atoms with Crippen LogP contribution in [-0.2, 0) is 11.2 Å². The van der Waals surface area contributed by atoms with Gasteiger partial charge in [-0.3, -0.25) is 5.32 Å². The SMILES string of the molecule is Cc1cc(CCC2(O)CC2)ccc1NC(=O)OC(C)(C)C. The summed E-state index contributed by atoms with van der Waals surface area (Å²) in [6.45, 7) is 7.48. The fraction of sp³-hybridized carbons (Fsp3) is 0.588. The third-order valence-electron chi connectivity index (χ3n) is 3.63. The van der Waals surface area contributed by atoms with Crippen molar-refractivity contribution in [2.45, 2.75) is 64.6 Å². The van der Waals surface area contributed by atoms with Crippen molar-refractivity contribution >= 4 is 11.8 Å². The quantitative estimate of drug-likeness (QED) is 0.887. The summed E-state index contributed by atoms with van der Waals surface area (Å²) < 4.78 is 5.24. The lowest BCUT2D eigenvalue weighted by molar-refractivity contribution is 0.0636. The highest BCUT2D eigenvalue weighted by molar-refractivity contribution is 5.85. The highest BCUT2D eigenvalue weighted by Crippen LogP contribution is 2.39. The molecule has 1 aromatic rings. The Morgan fingerprint density at radius 2 is 2.05 bits per heavy atom. The van der Waals surface area contributed by atoms with Gasteiger partial charge >= 0.3 is 6.09 Å². The van der Waals surface area contributed by atoms with Crippen molar-refractivity contribution in [2.75, 3.05) is 5.32 Å². The molecule has 1 fully saturated rings. The molecule has 0 aromatic heterocycles. The van der Waals surface area contributed by atoms with Crippen molar-refractivity contribution < 1.29 is 14.6 Å². The van der Waals surface area contributed by atoms with Crippen molar-refractivity contribution in [2.24, 2.45) is 0 Å². The highest BCUT2D eigenvalue weighted by Gasteiger charge is 2.39. The molecular formula is C17H25NO3. The van der Waals surface area contributed by atoms with Gasteiger partial charge in [-0.25, -0.2) is 4.79 Å². The van der Waals surface area contributed by atoms with Crippen LogP contribution in [0.4, 0.5) is 10.5 Å². The van der Waals surface area contributed by atoms with E-state index in [1.54, 1.807) is 0 Å². The van der Waals surface area contributed by atoms with Crippen LogP contribution in [0.2, 0.25) is 0 Å². The van der Waals surface area contributed by atoms with Gasteiger partial charge in [-0.2, -0.15) is 0 Å². The first-order chi connectivity index (χ1) is 9.67. The number of amides is 1. The van der Waals surface area contributed by atoms with E-state index in [0.29, 0.717) is 0 Å². The molecule has 1 amide bonds. The minimum atomic E-state index is -0.502. The Hall–Kier alpha value is -1.55. The molecule has 0 heterocycles. The van der Waals surface area contributed by atoms with Gasteiger partial charge in [-0.1, -0.05) is 12.1 Å². The average molecular weight is 291 g/mol. The van der Waals surface area contributed by atoms with Gasteiger partial charge in [0.2, 0.25) is 0 Å². The van der Waals surface area contributed by atoms with Crippen LogP contribution in [-0.4, -0.2) is 22.4 Å². The molecule has 1 aromatic carbocycles. The summed E-state index contributed by atoms with van der Waals surface area (Å²) in [6.07, 6.45) is 3.08. The van der Waals surface area contributed by atoms with Gasteiger partial charge in [0.15, 0.2) is 0 Å². The maximum atomic E-state index is 11.8. The number of benzene rings is 1. The molecule has 0 aliphatic heterocycles. The molecule has 116 valence electrons. The van der Waals surface area contributed by atoms with Crippen LogP contribution in [0.3, 0.4) is 0 Å². The summed E-state index contributed by atoms with van der Waals surface area (Å²) in [5.74, 6) is 0. The van der Waals surface area contributed by atoms with Gasteiger partial charge in [0.05, 0.1) is 5.60 Å². The second kappa shape index (κ2) is 5.68. The number of carbonyl (C=O) groups excluding carboxylic acids is 1. The van der Waals surface area contributed by atoms with Crippen molar-refractivity contribution in [1.29, 1.82) is 0 Å². The predicted molar refractivity (Wildman–Crippen MR) is 83.5 cm³/mol. The standard InChI is InChI=1S/C17H25NO3/c1-12-11-13(7-8-17(20)9-10-17)5-6-14(12)18-15(19)21-16(2,3)4/h5-6,11,20H,7-10H2,1-4H3,(H,18,19). The minimum Gasteiger partial charge on any atom is -0.444 e. The molecule has 1 saturated carbocycles. The zero-order valence-corrected chi connectivity index (χ0v) is 13.3. The molecule has 1 aliphatic carbocycles. The van der Waals surface area contributed by atoms with Crippen LogP contribution in [0.15, 0.2) is 18.2 Å². The molecule has 21 heavy (non-hydrogen) atoms. The first-order valence-electron chi connectivity index (χ1n) is 7.49. The zero-order chi connectivity index (χ0) is 15.7. The summed E-state index contributed by atoms with van der Waals surface area (Å²) in [5.41, 5.74) is 2.03. The summed E-state index contributed by atoms with van der Waals surface area (Å²) in [4.78, 5) is 11.8. The third-order valence-corrected chi connectivity index (χ3v) is 3.63. The van der Waals surface area contributed by atoms with Crippen LogP contribution in [0.5, 0.6) is 0 Å². The van der Waals surface area contributed by atoms with Gasteiger partial charge in [-0.05, 0) is 70.6 Å². The molecule has 0 bridgehead atoms. The maximum absolute atomic E-state index is 11.8. The molecule has 0 atom stereocenters. The van der Waals surface area contributed by atoms with Gasteiger partial charge in [0.1, 0.15) is 5.60 Å². The highest BCUT2D eigenvalue weighted by atomic mass is 16.6. The van der Waals surface area contributed by atoms with Crippen LogP contribution in [0, 0.1) is 6.92 Å². The number of anilines is 1. The normalized spacial score (nSPS) is 16.4. The Kier molecular flexibility index (Phi) is 4.28. The lowest BCUT2D eigenvalue weighted by Gasteiger charge is -2.20. The molecule has 4 nitrogen and oxygen atoms in total. The fourth-order valence-electron chi connectivity index (χ4n) is 2.21. The molecule has 1 aliphatic rings. The van der Waals surface area contributed by atoms with E-state index in [-0.39, 0.29) is 0 Å². The largest absolute Gasteiger partial charge is 0.444 e. The van der Waals surface area contributed by atoms with Gasteiger partial charge in [0, 0.05) is 5.69 Å². The molecule has 0 spiro atoms. The van der Waals surface area contributed by atoms with Gasteiger partial charge in [-0.15, -0.1) is 0 Å². The Bertz CT molecular complexity index is 527. The van der Waals surface area contributed by atoms with E-state index in [9.17, 15) is 9.90 Å². The van der Waals surface area contributed by atoms with E-state index in [0.717, 1.165) is 36.9 Å². The van der Waals surface area contributed by atoms with E-state index >= 15 is 0 Å². The smallest absolute Gasteiger partial charge is 0.412 e. The minimum absolute atomic E-state index is 0.415. The number of aryl methyl sites for hydroxylation is 2. The van der Waals surface area contributed by atoms with Gasteiger partial charge < -0.3 is 9.84 Å². The Labute approximate surface area is 126 Å². The van der Waals surface area contributed by atoms with Gasteiger partial charge in [0.25, 0.3) is 0 Å². The number of carbonyl (C=O) groups is 1. The molecular weight excluding hydrogens is 266 g/mol. The molecule has 0 radical (unpaired) electrons. The average Bonchev–Trinajstić information content (AvgIpc) is 3.06. The second-order valence-corrected chi connectivity index (χ2v) is 7.00. The predicted octanol–water partition coefficient (Wildman–Crippen LogP) is 3.80. The van der Waals surface area contributed by atoms with E-state index in [1.165, 1.54) is 5.56 Å². The number of ether oxygens (including phenoxy) is 1. The number of nitrogens with one attached hydrogen (secondary N) is 1. The molecule has 4 heteroatoms. The number of rotatable bonds is 4. The van der Waals surface area contributed by atoms with Crippen LogP contribution in [0.1, 0.15) is 51.2 Å². The monoisotopic (exact) mass is 291 g/mol. The summed E-state index contributed by atoms with van der Waals surface area (Å²) >= 11 is 0. The first kappa shape index (κ1) is 15.8. The van der Waals surface area contributed by atoms with Crippen LogP contribution >= 0.6 is 0 Å². The second-order valence-electron chi connectivity index (χ2n) is 7.00. The topological polar surface area (TPSA) is 58.6 Å². The van der Waals surface area contributed by atoms with E-state index in [4.69, 9.17) is 4.74 Å². The van der Waals surface area contributed by atoms with Crippen LogP contribution in [0.25, 0.3) is 0 Å². The summed E-state index contributed by atoms with van der Waals surface area (Å²) in [6, 6.07) is 5.94. The molecule has 2 N–H and O–H groups in total. The number of hydrogen-bond acceptors (Lipinski definition) is 3. The van der Waals surface area contributed by atoms with E-state index in [2.05, 4.69) is 11.4 Å². The summed E-state index contributed by atoms with van der Waals surface area (Å²) in [7, 11) is 0. The number of aliphatic hydroxyl groups is 1. The number of hydrogen-bond donors (Lipinski definition) is 2. The maximum Gasteiger partial charge on any atom is 0.412 e. The molecule has 0 unspecified atom stereocenters. The lowest BCUT2D eigenvalue weighted by Crippen LogP contribution is -2.27. The Morgan fingerprint density at radius 1 is 1.38 bits per heavy atom.